The molecule has 0 radical (unpaired) electrons. The minimum Gasteiger partial charge on any atom is -0.488 e. The molecule has 4 rings (SSSR count). The lowest BCUT2D eigenvalue weighted by Crippen LogP contribution is -2.11. The Morgan fingerprint density at radius 1 is 0.912 bits per heavy atom. The number of aromatic nitrogens is 2. The van der Waals surface area contributed by atoms with Crippen LogP contribution >= 0.6 is 0 Å². The third-order valence-corrected chi connectivity index (χ3v) is 5.95. The molecule has 0 bridgehead atoms. The molecular formula is C30H29N3O. The van der Waals surface area contributed by atoms with Crippen LogP contribution in [0.15, 0.2) is 72.9 Å². The summed E-state index contributed by atoms with van der Waals surface area (Å²) in [7, 11) is 0. The molecule has 34 heavy (non-hydrogen) atoms. The van der Waals surface area contributed by atoms with E-state index in [0.717, 1.165) is 33.6 Å². The molecule has 0 saturated carbocycles. The summed E-state index contributed by atoms with van der Waals surface area (Å²) in [6, 6.07) is 24.5. The molecule has 170 valence electrons. The molecule has 0 aliphatic carbocycles. The van der Waals surface area contributed by atoms with Crippen molar-refractivity contribution in [2.45, 2.75) is 46.6 Å². The molecular weight excluding hydrogens is 418 g/mol. The molecule has 0 spiro atoms. The molecule has 0 fully saturated rings. The van der Waals surface area contributed by atoms with Crippen molar-refractivity contribution in [3.05, 3.63) is 101 Å². The van der Waals surface area contributed by atoms with Crippen molar-refractivity contribution in [2.75, 3.05) is 0 Å². The van der Waals surface area contributed by atoms with Crippen LogP contribution in [-0.2, 0) is 12.0 Å². The molecule has 0 unspecified atom stereocenters. The zero-order valence-electron chi connectivity index (χ0n) is 20.4. The zero-order valence-corrected chi connectivity index (χ0v) is 20.4. The van der Waals surface area contributed by atoms with Crippen molar-refractivity contribution in [3.8, 4) is 34.2 Å². The van der Waals surface area contributed by atoms with Crippen LogP contribution in [0.4, 0.5) is 0 Å². The van der Waals surface area contributed by atoms with Crippen LogP contribution < -0.4 is 4.74 Å². The van der Waals surface area contributed by atoms with Crippen LogP contribution in [0.3, 0.4) is 0 Å². The number of nitriles is 1. The quantitative estimate of drug-likeness (QED) is 0.325. The minimum absolute atomic E-state index is 0.0778. The maximum atomic E-state index is 9.66. The van der Waals surface area contributed by atoms with Gasteiger partial charge < -0.3 is 4.74 Å². The van der Waals surface area contributed by atoms with Gasteiger partial charge in [0.05, 0.1) is 5.69 Å². The van der Waals surface area contributed by atoms with Gasteiger partial charge in [0.2, 0.25) is 0 Å². The molecule has 0 aliphatic heterocycles. The monoisotopic (exact) mass is 447 g/mol. The summed E-state index contributed by atoms with van der Waals surface area (Å²) in [6.45, 7) is 11.1. The first-order chi connectivity index (χ1) is 16.3. The highest BCUT2D eigenvalue weighted by atomic mass is 16.5. The number of aryl methyl sites for hydroxylation is 2. The summed E-state index contributed by atoms with van der Waals surface area (Å²) in [6.07, 6.45) is 1.63. The first kappa shape index (κ1) is 23.2. The van der Waals surface area contributed by atoms with Gasteiger partial charge in [-0.3, -0.25) is 4.98 Å². The number of benzene rings is 2. The lowest BCUT2D eigenvalue weighted by atomic mass is 9.85. The molecule has 0 aliphatic rings. The second-order valence-electron chi connectivity index (χ2n) is 9.53. The SMILES string of the molecule is Cc1cc(C(C)(C)C)ccc1-c1cc(OCc2ccccc2)c(-c2cccnc2C#N)c(C)n1. The molecule has 0 N–H and O–H groups in total. The summed E-state index contributed by atoms with van der Waals surface area (Å²) < 4.78 is 6.36. The van der Waals surface area contributed by atoms with Crippen molar-refractivity contribution >= 4 is 0 Å². The summed E-state index contributed by atoms with van der Waals surface area (Å²) in [4.78, 5) is 9.20. The highest BCUT2D eigenvalue weighted by molar-refractivity contribution is 5.79. The van der Waals surface area contributed by atoms with Gasteiger partial charge in [0.1, 0.15) is 24.1 Å². The Morgan fingerprint density at radius 2 is 1.68 bits per heavy atom. The third-order valence-electron chi connectivity index (χ3n) is 5.95. The number of hydrogen-bond donors (Lipinski definition) is 0. The third kappa shape index (κ3) is 4.84. The first-order valence-corrected chi connectivity index (χ1v) is 11.4. The summed E-state index contributed by atoms with van der Waals surface area (Å²) in [5, 5.41) is 9.66. The summed E-state index contributed by atoms with van der Waals surface area (Å²) >= 11 is 0. The van der Waals surface area contributed by atoms with Gasteiger partial charge in [0.25, 0.3) is 0 Å². The lowest BCUT2D eigenvalue weighted by molar-refractivity contribution is 0.307. The topological polar surface area (TPSA) is 58.8 Å². The van der Waals surface area contributed by atoms with Crippen molar-refractivity contribution in [1.82, 2.24) is 9.97 Å². The van der Waals surface area contributed by atoms with E-state index >= 15 is 0 Å². The van der Waals surface area contributed by atoms with E-state index in [1.165, 1.54) is 11.1 Å². The first-order valence-electron chi connectivity index (χ1n) is 11.4. The number of pyridine rings is 2. The van der Waals surface area contributed by atoms with E-state index in [9.17, 15) is 5.26 Å². The molecule has 4 heteroatoms. The van der Waals surface area contributed by atoms with Gasteiger partial charge in [0.15, 0.2) is 0 Å². The highest BCUT2D eigenvalue weighted by Crippen LogP contribution is 2.38. The molecule has 0 amide bonds. The predicted octanol–water partition coefficient (Wildman–Crippen LogP) is 7.18. The molecule has 2 heterocycles. The number of hydrogen-bond acceptors (Lipinski definition) is 4. The molecule has 0 atom stereocenters. The Hall–Kier alpha value is -3.97. The Bertz CT molecular complexity index is 1360. The normalized spacial score (nSPS) is 11.2. The molecule has 2 aromatic carbocycles. The Labute approximate surface area is 201 Å². The van der Waals surface area contributed by atoms with Gasteiger partial charge in [-0.25, -0.2) is 4.98 Å². The Morgan fingerprint density at radius 3 is 2.35 bits per heavy atom. The number of ether oxygens (including phenoxy) is 1. The van der Waals surface area contributed by atoms with Crippen molar-refractivity contribution < 1.29 is 4.74 Å². The summed E-state index contributed by atoms with van der Waals surface area (Å²) in [5.41, 5.74) is 8.20. The van der Waals surface area contributed by atoms with Crippen LogP contribution in [0.1, 0.15) is 48.8 Å². The smallest absolute Gasteiger partial charge is 0.148 e. The van der Waals surface area contributed by atoms with E-state index in [1.807, 2.05) is 55.5 Å². The predicted molar refractivity (Wildman–Crippen MR) is 137 cm³/mol. The standard InChI is InChI=1S/C30H29N3O/c1-20-16-23(30(3,4)5)13-14-24(20)26-17-28(34-19-22-10-7-6-8-11-22)29(21(2)33-26)25-12-9-15-32-27(25)18-31/h6-17H,19H2,1-5H3. The van der Waals surface area contributed by atoms with E-state index in [1.54, 1.807) is 6.20 Å². The fraction of sp³-hybridized carbons (Fsp3) is 0.233. The molecule has 2 aromatic heterocycles. The van der Waals surface area contributed by atoms with Gasteiger partial charge in [0, 0.05) is 34.6 Å². The minimum atomic E-state index is 0.0778. The van der Waals surface area contributed by atoms with Crippen LogP contribution in [-0.4, -0.2) is 9.97 Å². The zero-order chi connectivity index (χ0) is 24.3. The maximum Gasteiger partial charge on any atom is 0.148 e. The van der Waals surface area contributed by atoms with Crippen molar-refractivity contribution in [2.24, 2.45) is 0 Å². The van der Waals surface area contributed by atoms with Crippen LogP contribution in [0.25, 0.3) is 22.4 Å². The van der Waals surface area contributed by atoms with Gasteiger partial charge in [-0.2, -0.15) is 5.26 Å². The second kappa shape index (κ2) is 9.49. The van der Waals surface area contributed by atoms with E-state index < -0.39 is 0 Å². The van der Waals surface area contributed by atoms with Gasteiger partial charge in [-0.05, 0) is 48.1 Å². The van der Waals surface area contributed by atoms with Crippen molar-refractivity contribution in [1.29, 1.82) is 5.26 Å². The fourth-order valence-corrected chi connectivity index (χ4v) is 4.07. The van der Waals surface area contributed by atoms with Crippen molar-refractivity contribution in [3.63, 3.8) is 0 Å². The largest absolute Gasteiger partial charge is 0.488 e. The van der Waals surface area contributed by atoms with E-state index in [0.29, 0.717) is 18.1 Å². The highest BCUT2D eigenvalue weighted by Gasteiger charge is 2.20. The fourth-order valence-electron chi connectivity index (χ4n) is 4.07. The number of rotatable bonds is 5. The Balaban J connectivity index is 1.85. The molecule has 4 aromatic rings. The van der Waals surface area contributed by atoms with E-state index in [2.05, 4.69) is 56.9 Å². The van der Waals surface area contributed by atoms with E-state index in [4.69, 9.17) is 9.72 Å². The summed E-state index contributed by atoms with van der Waals surface area (Å²) in [5.74, 6) is 0.690. The average Bonchev–Trinajstić information content (AvgIpc) is 2.82. The Kier molecular flexibility index (Phi) is 6.47. The number of nitrogens with zero attached hydrogens (tertiary/aromatic N) is 3. The second-order valence-corrected chi connectivity index (χ2v) is 9.53. The van der Waals surface area contributed by atoms with Crippen LogP contribution in [0, 0.1) is 25.2 Å². The van der Waals surface area contributed by atoms with Crippen LogP contribution in [0.2, 0.25) is 0 Å². The van der Waals surface area contributed by atoms with E-state index in [-0.39, 0.29) is 5.41 Å². The average molecular weight is 448 g/mol. The molecule has 4 nitrogen and oxygen atoms in total. The van der Waals surface area contributed by atoms with Gasteiger partial charge in [-0.1, -0.05) is 69.3 Å². The maximum absolute atomic E-state index is 9.66. The van der Waals surface area contributed by atoms with Gasteiger partial charge >= 0.3 is 0 Å². The lowest BCUT2D eigenvalue weighted by Gasteiger charge is -2.21. The van der Waals surface area contributed by atoms with Crippen LogP contribution in [0.5, 0.6) is 5.75 Å². The van der Waals surface area contributed by atoms with Gasteiger partial charge in [-0.15, -0.1) is 0 Å². The molecule has 0 saturated heterocycles.